The molecule has 0 radical (unpaired) electrons. The van der Waals surface area contributed by atoms with Gasteiger partial charge in [-0.2, -0.15) is 0 Å². The van der Waals surface area contributed by atoms with Gasteiger partial charge in [0.1, 0.15) is 0 Å². The van der Waals surface area contributed by atoms with E-state index in [1.54, 1.807) is 0 Å². The topological polar surface area (TPSA) is 23.6 Å². The maximum Gasteiger partial charge on any atom is 0.225 e. The molecule has 2 aliphatic rings. The fourth-order valence-electron chi connectivity index (χ4n) is 2.61. The first kappa shape index (κ1) is 14.2. The predicted octanol–water partition coefficient (Wildman–Crippen LogP) is 3.05. The summed E-state index contributed by atoms with van der Waals surface area (Å²) in [6, 6.07) is 5.77. The third-order valence-corrected chi connectivity index (χ3v) is 4.74. The minimum absolute atomic E-state index is 0.330. The van der Waals surface area contributed by atoms with E-state index in [0.717, 1.165) is 45.6 Å². The van der Waals surface area contributed by atoms with Crippen LogP contribution in [0.2, 0.25) is 10.0 Å². The minimum Gasteiger partial charge on any atom is -0.340 e. The minimum atomic E-state index is 0.330. The SMILES string of the molecule is O=C(C1CC1)N1CCN(Cc2ccc(Cl)c(Cl)c2)CC1. The summed E-state index contributed by atoms with van der Waals surface area (Å²) in [7, 11) is 0. The Kier molecular flexibility index (Phi) is 4.20. The predicted molar refractivity (Wildman–Crippen MR) is 81.0 cm³/mol. The Bertz CT molecular complexity index is 509. The van der Waals surface area contributed by atoms with Crippen LogP contribution in [0.1, 0.15) is 18.4 Å². The van der Waals surface area contributed by atoms with Gasteiger partial charge in [-0.25, -0.2) is 0 Å². The summed E-state index contributed by atoms with van der Waals surface area (Å²) in [6.07, 6.45) is 2.17. The number of piperazine rings is 1. The van der Waals surface area contributed by atoms with Gasteiger partial charge in [-0.05, 0) is 30.5 Å². The van der Waals surface area contributed by atoms with Crippen LogP contribution in [-0.4, -0.2) is 41.9 Å². The van der Waals surface area contributed by atoms with Crippen molar-refractivity contribution in [3.8, 4) is 0 Å². The molecule has 1 amide bonds. The molecule has 5 heteroatoms. The van der Waals surface area contributed by atoms with Crippen molar-refractivity contribution in [1.82, 2.24) is 9.80 Å². The molecule has 1 heterocycles. The molecule has 0 spiro atoms. The van der Waals surface area contributed by atoms with Crippen LogP contribution in [0.25, 0.3) is 0 Å². The molecule has 0 atom stereocenters. The molecule has 108 valence electrons. The van der Waals surface area contributed by atoms with E-state index in [-0.39, 0.29) is 0 Å². The summed E-state index contributed by atoms with van der Waals surface area (Å²) in [5, 5.41) is 1.20. The molecule has 0 bridgehead atoms. The molecular formula is C15H18Cl2N2O. The van der Waals surface area contributed by atoms with Crippen LogP contribution in [0, 0.1) is 5.92 Å². The maximum absolute atomic E-state index is 12.0. The molecule has 0 unspecified atom stereocenters. The number of nitrogens with zero attached hydrogens (tertiary/aromatic N) is 2. The third kappa shape index (κ3) is 3.27. The summed E-state index contributed by atoms with van der Waals surface area (Å²) in [6.45, 7) is 4.41. The summed E-state index contributed by atoms with van der Waals surface area (Å²) in [5.41, 5.74) is 1.17. The molecule has 20 heavy (non-hydrogen) atoms. The highest BCUT2D eigenvalue weighted by atomic mass is 35.5. The van der Waals surface area contributed by atoms with Crippen LogP contribution in [0.5, 0.6) is 0 Å². The van der Waals surface area contributed by atoms with Gasteiger partial charge in [-0.3, -0.25) is 9.69 Å². The van der Waals surface area contributed by atoms with E-state index in [2.05, 4.69) is 4.90 Å². The zero-order valence-corrected chi connectivity index (χ0v) is 12.8. The Morgan fingerprint density at radius 1 is 1.10 bits per heavy atom. The van der Waals surface area contributed by atoms with E-state index in [1.165, 1.54) is 5.56 Å². The lowest BCUT2D eigenvalue weighted by Gasteiger charge is -2.35. The number of hydrogen-bond donors (Lipinski definition) is 0. The van der Waals surface area contributed by atoms with Crippen molar-refractivity contribution in [3.63, 3.8) is 0 Å². The molecule has 1 aliphatic carbocycles. The van der Waals surface area contributed by atoms with Gasteiger partial charge in [-0.1, -0.05) is 29.3 Å². The number of rotatable bonds is 3. The zero-order chi connectivity index (χ0) is 14.1. The van der Waals surface area contributed by atoms with Crippen molar-refractivity contribution in [3.05, 3.63) is 33.8 Å². The molecule has 2 fully saturated rings. The molecule has 1 aromatic carbocycles. The van der Waals surface area contributed by atoms with Gasteiger partial charge in [0.05, 0.1) is 10.0 Å². The first-order valence-corrected chi connectivity index (χ1v) is 7.84. The highest BCUT2D eigenvalue weighted by molar-refractivity contribution is 6.42. The van der Waals surface area contributed by atoms with Gasteiger partial charge in [0, 0.05) is 38.6 Å². The molecule has 3 rings (SSSR count). The molecule has 0 N–H and O–H groups in total. The Balaban J connectivity index is 1.52. The Hall–Kier alpha value is -0.770. The van der Waals surface area contributed by atoms with E-state index < -0.39 is 0 Å². The fourth-order valence-corrected chi connectivity index (χ4v) is 2.93. The van der Waals surface area contributed by atoms with Gasteiger partial charge in [-0.15, -0.1) is 0 Å². The summed E-state index contributed by atoms with van der Waals surface area (Å²) in [5.74, 6) is 0.691. The van der Waals surface area contributed by atoms with Crippen molar-refractivity contribution >= 4 is 29.1 Å². The number of halogens is 2. The largest absolute Gasteiger partial charge is 0.340 e. The summed E-state index contributed by atoms with van der Waals surface area (Å²) in [4.78, 5) is 16.4. The van der Waals surface area contributed by atoms with E-state index in [1.807, 2.05) is 23.1 Å². The molecule has 1 aromatic rings. The first-order chi connectivity index (χ1) is 9.63. The van der Waals surface area contributed by atoms with Crippen molar-refractivity contribution < 1.29 is 4.79 Å². The quantitative estimate of drug-likeness (QED) is 0.856. The van der Waals surface area contributed by atoms with Crippen molar-refractivity contribution in [1.29, 1.82) is 0 Å². The van der Waals surface area contributed by atoms with Crippen molar-refractivity contribution in [2.75, 3.05) is 26.2 Å². The normalized spacial score (nSPS) is 20.2. The number of carbonyl (C=O) groups excluding carboxylic acids is 1. The van der Waals surface area contributed by atoms with Gasteiger partial charge >= 0.3 is 0 Å². The second kappa shape index (κ2) is 5.92. The van der Waals surface area contributed by atoms with Gasteiger partial charge < -0.3 is 4.90 Å². The third-order valence-electron chi connectivity index (χ3n) is 4.00. The highest BCUT2D eigenvalue weighted by Crippen LogP contribution is 2.31. The van der Waals surface area contributed by atoms with Gasteiger partial charge in [0.25, 0.3) is 0 Å². The molecular weight excluding hydrogens is 295 g/mol. The van der Waals surface area contributed by atoms with E-state index >= 15 is 0 Å². The zero-order valence-electron chi connectivity index (χ0n) is 11.3. The van der Waals surface area contributed by atoms with Crippen LogP contribution in [-0.2, 0) is 11.3 Å². The van der Waals surface area contributed by atoms with Crippen LogP contribution in [0.4, 0.5) is 0 Å². The van der Waals surface area contributed by atoms with Crippen LogP contribution in [0.15, 0.2) is 18.2 Å². The molecule has 1 saturated carbocycles. The summed E-state index contributed by atoms with van der Waals surface area (Å²) < 4.78 is 0. The van der Waals surface area contributed by atoms with Gasteiger partial charge in [0.15, 0.2) is 0 Å². The molecule has 1 saturated heterocycles. The van der Waals surface area contributed by atoms with Crippen LogP contribution < -0.4 is 0 Å². The van der Waals surface area contributed by atoms with Crippen LogP contribution in [0.3, 0.4) is 0 Å². The molecule has 3 nitrogen and oxygen atoms in total. The second-order valence-electron chi connectivity index (χ2n) is 5.62. The van der Waals surface area contributed by atoms with Crippen LogP contribution >= 0.6 is 23.2 Å². The Morgan fingerprint density at radius 3 is 2.40 bits per heavy atom. The average molecular weight is 313 g/mol. The number of hydrogen-bond acceptors (Lipinski definition) is 2. The van der Waals surface area contributed by atoms with Gasteiger partial charge in [0.2, 0.25) is 5.91 Å². The standard InChI is InChI=1S/C15H18Cl2N2O/c16-13-4-1-11(9-14(13)17)10-18-5-7-19(8-6-18)15(20)12-2-3-12/h1,4,9,12H,2-3,5-8,10H2. The monoisotopic (exact) mass is 312 g/mol. The van der Waals surface area contributed by atoms with E-state index in [4.69, 9.17) is 23.2 Å². The average Bonchev–Trinajstić information content (AvgIpc) is 3.28. The highest BCUT2D eigenvalue weighted by Gasteiger charge is 2.34. The number of carbonyl (C=O) groups is 1. The van der Waals surface area contributed by atoms with E-state index in [9.17, 15) is 4.79 Å². The number of amides is 1. The van der Waals surface area contributed by atoms with Crippen molar-refractivity contribution in [2.45, 2.75) is 19.4 Å². The molecule has 0 aromatic heterocycles. The molecule has 1 aliphatic heterocycles. The number of benzene rings is 1. The lowest BCUT2D eigenvalue weighted by molar-refractivity contribution is -0.134. The lowest BCUT2D eigenvalue weighted by Crippen LogP contribution is -2.48. The summed E-state index contributed by atoms with van der Waals surface area (Å²) >= 11 is 12.0. The smallest absolute Gasteiger partial charge is 0.225 e. The Morgan fingerprint density at radius 2 is 1.80 bits per heavy atom. The first-order valence-electron chi connectivity index (χ1n) is 7.08. The van der Waals surface area contributed by atoms with Crippen molar-refractivity contribution in [2.24, 2.45) is 5.92 Å². The fraction of sp³-hybridized carbons (Fsp3) is 0.533. The lowest BCUT2D eigenvalue weighted by atomic mass is 10.2. The maximum atomic E-state index is 12.0. The second-order valence-corrected chi connectivity index (χ2v) is 6.44. The Labute approximate surface area is 129 Å². The van der Waals surface area contributed by atoms with E-state index in [0.29, 0.717) is 21.9 Å².